The number of aromatic hydroxyl groups is 4. The van der Waals surface area contributed by atoms with E-state index < -0.39 is 6.10 Å². The molecule has 0 fully saturated rings. The summed E-state index contributed by atoms with van der Waals surface area (Å²) in [6, 6.07) is 22.3. The molecular formula is C31H30O7. The minimum absolute atomic E-state index is 0.0534. The molecule has 0 heterocycles. The first-order chi connectivity index (χ1) is 18.3. The van der Waals surface area contributed by atoms with Crippen LogP contribution in [-0.2, 0) is 4.74 Å². The highest BCUT2D eigenvalue weighted by molar-refractivity contribution is 5.61. The summed E-state index contributed by atoms with van der Waals surface area (Å²) in [5.41, 5.74) is 4.35. The lowest BCUT2D eigenvalue weighted by molar-refractivity contribution is 0.0717. The van der Waals surface area contributed by atoms with E-state index in [1.807, 2.05) is 36.4 Å². The Balaban J connectivity index is 1.84. The van der Waals surface area contributed by atoms with Crippen molar-refractivity contribution in [2.24, 2.45) is 0 Å². The number of rotatable bonds is 7. The molecule has 0 aromatic heterocycles. The zero-order valence-electron chi connectivity index (χ0n) is 21.3. The largest absolute Gasteiger partial charge is 0.508 e. The number of hydrogen-bond acceptors (Lipinski definition) is 7. The zero-order valence-corrected chi connectivity index (χ0v) is 21.3. The van der Waals surface area contributed by atoms with E-state index in [1.165, 1.54) is 6.07 Å². The van der Waals surface area contributed by atoms with Gasteiger partial charge in [0.15, 0.2) is 0 Å². The Bertz CT molecular complexity index is 1410. The van der Waals surface area contributed by atoms with Crippen molar-refractivity contribution < 1.29 is 34.6 Å². The minimum atomic E-state index is -0.470. The summed E-state index contributed by atoms with van der Waals surface area (Å²) in [5, 5.41) is 40.9. The monoisotopic (exact) mass is 514 g/mol. The first-order valence-electron chi connectivity index (χ1n) is 12.2. The first kappa shape index (κ1) is 25.3. The number of phenolic OH excluding ortho intramolecular Hbond substituents is 4. The predicted octanol–water partition coefficient (Wildman–Crippen LogP) is 5.93. The van der Waals surface area contributed by atoms with Crippen molar-refractivity contribution in [2.45, 2.75) is 23.9 Å². The van der Waals surface area contributed by atoms with Gasteiger partial charge in [-0.1, -0.05) is 24.3 Å². The molecule has 0 aliphatic heterocycles. The Labute approximate surface area is 221 Å². The maximum Gasteiger partial charge on any atom is 0.126 e. The molecule has 38 heavy (non-hydrogen) atoms. The number of methoxy groups -OCH3 is 3. The van der Waals surface area contributed by atoms with Crippen molar-refractivity contribution in [3.63, 3.8) is 0 Å². The molecule has 0 bridgehead atoms. The molecular weight excluding hydrogens is 484 g/mol. The van der Waals surface area contributed by atoms with Gasteiger partial charge in [0.25, 0.3) is 0 Å². The van der Waals surface area contributed by atoms with Crippen LogP contribution in [0.4, 0.5) is 0 Å². The molecule has 0 amide bonds. The fourth-order valence-electron chi connectivity index (χ4n) is 5.87. The van der Waals surface area contributed by atoms with Crippen LogP contribution in [0.25, 0.3) is 0 Å². The normalized spacial score (nSPS) is 19.1. The Morgan fingerprint density at radius 2 is 1.24 bits per heavy atom. The van der Waals surface area contributed by atoms with Crippen LogP contribution in [-0.4, -0.2) is 41.8 Å². The highest BCUT2D eigenvalue weighted by Crippen LogP contribution is 2.62. The molecule has 4 aromatic carbocycles. The van der Waals surface area contributed by atoms with Gasteiger partial charge >= 0.3 is 0 Å². The van der Waals surface area contributed by atoms with Crippen LogP contribution in [0.2, 0.25) is 0 Å². The molecule has 0 spiro atoms. The van der Waals surface area contributed by atoms with Crippen LogP contribution >= 0.6 is 0 Å². The maximum atomic E-state index is 10.5. The zero-order chi connectivity index (χ0) is 27.0. The van der Waals surface area contributed by atoms with Crippen molar-refractivity contribution in [3.8, 4) is 34.5 Å². The maximum absolute atomic E-state index is 10.5. The van der Waals surface area contributed by atoms with E-state index in [2.05, 4.69) is 0 Å². The Kier molecular flexibility index (Phi) is 6.78. The van der Waals surface area contributed by atoms with Gasteiger partial charge in [0, 0.05) is 42.6 Å². The van der Waals surface area contributed by atoms with Gasteiger partial charge in [0.2, 0.25) is 0 Å². The summed E-state index contributed by atoms with van der Waals surface area (Å²) in [7, 11) is 4.85. The Morgan fingerprint density at radius 1 is 0.632 bits per heavy atom. The molecule has 0 radical (unpaired) electrons. The van der Waals surface area contributed by atoms with Crippen molar-refractivity contribution in [1.29, 1.82) is 0 Å². The van der Waals surface area contributed by atoms with Crippen molar-refractivity contribution in [3.05, 3.63) is 107 Å². The summed E-state index contributed by atoms with van der Waals surface area (Å²) < 4.78 is 17.7. The first-order valence-corrected chi connectivity index (χ1v) is 12.2. The molecule has 7 heteroatoms. The lowest BCUT2D eigenvalue weighted by atomic mass is 9.74. The summed E-state index contributed by atoms with van der Waals surface area (Å²) in [6.45, 7) is 0. The van der Waals surface area contributed by atoms with E-state index in [4.69, 9.17) is 14.2 Å². The van der Waals surface area contributed by atoms with Crippen LogP contribution in [0.1, 0.15) is 51.7 Å². The number of ether oxygens (including phenoxy) is 3. The van der Waals surface area contributed by atoms with Crippen molar-refractivity contribution >= 4 is 0 Å². The van der Waals surface area contributed by atoms with Gasteiger partial charge in [-0.3, -0.25) is 0 Å². The number of hydrogen-bond donors (Lipinski definition) is 4. The molecule has 0 saturated carbocycles. The van der Waals surface area contributed by atoms with Crippen LogP contribution in [0, 0.1) is 0 Å². The summed E-state index contributed by atoms with van der Waals surface area (Å²) >= 11 is 0. The molecule has 1 aliphatic carbocycles. The highest BCUT2D eigenvalue weighted by atomic mass is 16.5. The smallest absolute Gasteiger partial charge is 0.126 e. The topological polar surface area (TPSA) is 109 Å². The SMILES string of the molecule is COc1cc(OC)c2c(c1)[C@@H]([C@@H](OC)c1ccc(O)cc1)[C@H](c1cc(O)cc(O)c1)[C@H]2c1ccc(O)cc1. The van der Waals surface area contributed by atoms with Gasteiger partial charge in [-0.15, -0.1) is 0 Å². The fourth-order valence-corrected chi connectivity index (χ4v) is 5.87. The Morgan fingerprint density at radius 3 is 1.79 bits per heavy atom. The molecule has 1 aliphatic rings. The molecule has 196 valence electrons. The minimum Gasteiger partial charge on any atom is -0.508 e. The number of fused-ring (bicyclic) bond motifs is 1. The summed E-state index contributed by atoms with van der Waals surface area (Å²) in [4.78, 5) is 0. The third kappa shape index (κ3) is 4.46. The van der Waals surface area contributed by atoms with E-state index in [9.17, 15) is 20.4 Å². The van der Waals surface area contributed by atoms with Crippen LogP contribution in [0.5, 0.6) is 34.5 Å². The van der Waals surface area contributed by atoms with Gasteiger partial charge in [-0.2, -0.15) is 0 Å². The standard InChI is InChI=1S/C31H30O7/c1-36-24-15-25-29(26(16-24)37-2)27(17-4-8-20(32)9-5-17)28(19-12-22(34)14-23(35)13-19)30(25)31(38-3)18-6-10-21(33)11-7-18/h4-16,27-28,30-35H,1-3H3/t27-,28-,30-,31+/m1/s1. The molecule has 4 N–H and O–H groups in total. The van der Waals surface area contributed by atoms with Gasteiger partial charge < -0.3 is 34.6 Å². The van der Waals surface area contributed by atoms with E-state index in [0.717, 1.165) is 22.3 Å². The van der Waals surface area contributed by atoms with E-state index in [-0.39, 0.29) is 40.8 Å². The average molecular weight is 515 g/mol. The molecule has 4 aromatic rings. The fraction of sp³-hybridized carbons (Fsp3) is 0.226. The van der Waals surface area contributed by atoms with Gasteiger partial charge in [-0.05, 0) is 64.7 Å². The van der Waals surface area contributed by atoms with E-state index >= 15 is 0 Å². The van der Waals surface area contributed by atoms with Crippen LogP contribution < -0.4 is 9.47 Å². The van der Waals surface area contributed by atoms with Crippen LogP contribution in [0.3, 0.4) is 0 Å². The van der Waals surface area contributed by atoms with Gasteiger partial charge in [0.1, 0.15) is 34.5 Å². The molecule has 7 nitrogen and oxygen atoms in total. The molecule has 0 unspecified atom stereocenters. The lowest BCUT2D eigenvalue weighted by Gasteiger charge is -2.32. The third-order valence-electron chi connectivity index (χ3n) is 7.38. The quantitative estimate of drug-likeness (QED) is 0.242. The average Bonchev–Trinajstić information content (AvgIpc) is 3.24. The predicted molar refractivity (Wildman–Crippen MR) is 143 cm³/mol. The van der Waals surface area contributed by atoms with E-state index in [1.54, 1.807) is 57.7 Å². The second kappa shape index (κ2) is 10.2. The summed E-state index contributed by atoms with van der Waals surface area (Å²) in [6.07, 6.45) is -0.470. The lowest BCUT2D eigenvalue weighted by Crippen LogP contribution is -2.20. The van der Waals surface area contributed by atoms with Crippen LogP contribution in [0.15, 0.2) is 78.9 Å². The van der Waals surface area contributed by atoms with Crippen molar-refractivity contribution in [2.75, 3.05) is 21.3 Å². The molecule has 0 saturated heterocycles. The third-order valence-corrected chi connectivity index (χ3v) is 7.38. The number of benzene rings is 4. The Hall–Kier alpha value is -4.36. The second-order valence-electron chi connectivity index (χ2n) is 9.48. The van der Waals surface area contributed by atoms with E-state index in [0.29, 0.717) is 17.1 Å². The summed E-state index contributed by atoms with van der Waals surface area (Å²) in [5.74, 6) is 0.517. The second-order valence-corrected chi connectivity index (χ2v) is 9.48. The van der Waals surface area contributed by atoms with Gasteiger partial charge in [0.05, 0.1) is 20.3 Å². The molecule has 4 atom stereocenters. The van der Waals surface area contributed by atoms with Crippen molar-refractivity contribution in [1.82, 2.24) is 0 Å². The van der Waals surface area contributed by atoms with Gasteiger partial charge in [-0.25, -0.2) is 0 Å². The molecule has 5 rings (SSSR count). The number of phenols is 4. The highest BCUT2D eigenvalue weighted by Gasteiger charge is 2.48.